The minimum atomic E-state index is -0.321. The van der Waals surface area contributed by atoms with E-state index < -0.39 is 0 Å². The lowest BCUT2D eigenvalue weighted by molar-refractivity contribution is -0.140. The number of hydrazone groups is 1. The summed E-state index contributed by atoms with van der Waals surface area (Å²) in [6.07, 6.45) is 6.53. The van der Waals surface area contributed by atoms with Crippen LogP contribution in [0.15, 0.2) is 47.6 Å². The van der Waals surface area contributed by atoms with Gasteiger partial charge in [-0.25, -0.2) is 5.01 Å². The molecule has 2 aliphatic heterocycles. The van der Waals surface area contributed by atoms with Crippen LogP contribution in [0.3, 0.4) is 0 Å². The normalized spacial score (nSPS) is 22.1. The lowest BCUT2D eigenvalue weighted by atomic mass is 9.86. The van der Waals surface area contributed by atoms with Crippen LogP contribution in [0.1, 0.15) is 55.7 Å². The number of fused-ring (bicyclic) bond motifs is 4. The van der Waals surface area contributed by atoms with Crippen molar-refractivity contribution in [1.29, 1.82) is 0 Å². The van der Waals surface area contributed by atoms with Crippen LogP contribution in [0, 0.1) is 0 Å². The topological polar surface area (TPSA) is 43.3 Å². The van der Waals surface area contributed by atoms with E-state index in [1.165, 1.54) is 24.8 Å². The molecule has 0 amide bonds. The molecular formula is C23H26N2O3. The number of hydrogen-bond acceptors (Lipinski definition) is 5. The van der Waals surface area contributed by atoms with Gasteiger partial charge in [0.15, 0.2) is 5.72 Å². The first kappa shape index (κ1) is 17.4. The summed E-state index contributed by atoms with van der Waals surface area (Å²) in [6, 6.07) is 14.6. The molecule has 0 bridgehead atoms. The van der Waals surface area contributed by atoms with Crippen molar-refractivity contribution in [3.8, 4) is 17.2 Å². The average Bonchev–Trinajstić information content (AvgIpc) is 3.20. The van der Waals surface area contributed by atoms with Crippen LogP contribution in [0.25, 0.3) is 0 Å². The molecule has 1 atom stereocenters. The highest BCUT2D eigenvalue weighted by Gasteiger charge is 2.50. The number of nitrogens with zero attached hydrogens (tertiary/aromatic N) is 2. The van der Waals surface area contributed by atoms with Gasteiger partial charge in [-0.3, -0.25) is 0 Å². The maximum Gasteiger partial charge on any atom is 0.198 e. The summed E-state index contributed by atoms with van der Waals surface area (Å²) in [5.41, 5.74) is 2.99. The number of hydrogen-bond donors (Lipinski definition) is 0. The third kappa shape index (κ3) is 2.64. The summed E-state index contributed by atoms with van der Waals surface area (Å²) in [6.45, 7) is 0. The van der Waals surface area contributed by atoms with Gasteiger partial charge in [0.2, 0.25) is 0 Å². The average molecular weight is 378 g/mol. The third-order valence-electron chi connectivity index (χ3n) is 6.26. The molecule has 0 unspecified atom stereocenters. The number of benzene rings is 2. The quantitative estimate of drug-likeness (QED) is 0.761. The van der Waals surface area contributed by atoms with Crippen molar-refractivity contribution >= 4 is 5.71 Å². The van der Waals surface area contributed by atoms with Crippen molar-refractivity contribution in [2.24, 2.45) is 5.10 Å². The van der Waals surface area contributed by atoms with Crippen LogP contribution >= 0.6 is 0 Å². The molecular weight excluding hydrogens is 352 g/mol. The predicted octanol–water partition coefficient (Wildman–Crippen LogP) is 4.91. The van der Waals surface area contributed by atoms with Gasteiger partial charge in [-0.15, -0.1) is 0 Å². The van der Waals surface area contributed by atoms with Gasteiger partial charge in [0.05, 0.1) is 26.0 Å². The first-order valence-corrected chi connectivity index (χ1v) is 10.1. The van der Waals surface area contributed by atoms with Gasteiger partial charge in [-0.05, 0) is 31.0 Å². The fourth-order valence-electron chi connectivity index (χ4n) is 4.86. The van der Waals surface area contributed by atoms with Crippen molar-refractivity contribution in [3.63, 3.8) is 0 Å². The van der Waals surface area contributed by atoms with E-state index in [4.69, 9.17) is 19.3 Å². The van der Waals surface area contributed by atoms with Crippen LogP contribution in [0.2, 0.25) is 0 Å². The molecule has 0 aromatic heterocycles. The fourth-order valence-corrected chi connectivity index (χ4v) is 4.86. The fraction of sp³-hybridized carbons (Fsp3) is 0.435. The van der Waals surface area contributed by atoms with Crippen molar-refractivity contribution in [2.75, 3.05) is 14.2 Å². The summed E-state index contributed by atoms with van der Waals surface area (Å²) >= 11 is 0. The van der Waals surface area contributed by atoms with Crippen LogP contribution in [0.5, 0.6) is 17.2 Å². The van der Waals surface area contributed by atoms with E-state index in [0.29, 0.717) is 0 Å². The molecule has 5 heteroatoms. The number of rotatable bonds is 3. The molecule has 0 saturated heterocycles. The van der Waals surface area contributed by atoms with Crippen LogP contribution < -0.4 is 14.2 Å². The van der Waals surface area contributed by atoms with Gasteiger partial charge in [0.25, 0.3) is 0 Å². The monoisotopic (exact) mass is 378 g/mol. The number of para-hydroxylation sites is 1. The lowest BCUT2D eigenvalue weighted by Crippen LogP contribution is -2.54. The van der Waals surface area contributed by atoms with Crippen LogP contribution in [-0.2, 0) is 0 Å². The van der Waals surface area contributed by atoms with E-state index in [0.717, 1.165) is 47.8 Å². The minimum absolute atomic E-state index is 0.213. The van der Waals surface area contributed by atoms with Crippen LogP contribution in [-0.4, -0.2) is 30.7 Å². The van der Waals surface area contributed by atoms with Crippen LogP contribution in [0.4, 0.5) is 0 Å². The van der Waals surface area contributed by atoms with E-state index in [9.17, 15) is 0 Å². The number of ether oxygens (including phenoxy) is 3. The van der Waals surface area contributed by atoms with E-state index in [-0.39, 0.29) is 11.8 Å². The largest absolute Gasteiger partial charge is 0.497 e. The minimum Gasteiger partial charge on any atom is -0.497 e. The van der Waals surface area contributed by atoms with Gasteiger partial charge in [-0.1, -0.05) is 24.6 Å². The van der Waals surface area contributed by atoms with Crippen molar-refractivity contribution in [2.45, 2.75) is 50.3 Å². The Bertz CT molecular complexity index is 918. The third-order valence-corrected chi connectivity index (χ3v) is 6.26. The highest BCUT2D eigenvalue weighted by molar-refractivity contribution is 6.04. The summed E-state index contributed by atoms with van der Waals surface area (Å²) in [5, 5.41) is 7.38. The zero-order valence-electron chi connectivity index (χ0n) is 16.5. The molecule has 146 valence electrons. The van der Waals surface area contributed by atoms with E-state index in [1.54, 1.807) is 14.2 Å². The van der Waals surface area contributed by atoms with E-state index >= 15 is 0 Å². The molecule has 3 aliphatic rings. The molecule has 1 aliphatic carbocycles. The van der Waals surface area contributed by atoms with E-state index in [2.05, 4.69) is 35.3 Å². The Morgan fingerprint density at radius 1 is 1.04 bits per heavy atom. The second-order valence-corrected chi connectivity index (χ2v) is 7.82. The van der Waals surface area contributed by atoms with Gasteiger partial charge in [-0.2, -0.15) is 5.10 Å². The highest BCUT2D eigenvalue weighted by Crippen LogP contribution is 2.51. The van der Waals surface area contributed by atoms with Crippen molar-refractivity contribution in [1.82, 2.24) is 5.01 Å². The lowest BCUT2D eigenvalue weighted by Gasteiger charge is -2.49. The molecule has 1 spiro atoms. The smallest absolute Gasteiger partial charge is 0.198 e. The Morgan fingerprint density at radius 2 is 1.86 bits per heavy atom. The molecule has 1 saturated carbocycles. The Morgan fingerprint density at radius 3 is 2.64 bits per heavy atom. The zero-order valence-corrected chi connectivity index (χ0v) is 16.5. The zero-order chi connectivity index (χ0) is 19.1. The summed E-state index contributed by atoms with van der Waals surface area (Å²) in [7, 11) is 3.37. The molecule has 0 radical (unpaired) electrons. The van der Waals surface area contributed by atoms with Crippen molar-refractivity contribution in [3.05, 3.63) is 53.6 Å². The number of methoxy groups -OCH3 is 2. The summed E-state index contributed by atoms with van der Waals surface area (Å²) in [4.78, 5) is 0. The SMILES string of the molecule is COc1ccc(C2=NN3[C@@H](C2)c2ccccc2OC32CCCCC2)c(OC)c1. The van der Waals surface area contributed by atoms with Gasteiger partial charge in [0, 0.05) is 36.5 Å². The predicted molar refractivity (Wildman–Crippen MR) is 108 cm³/mol. The Labute approximate surface area is 165 Å². The molecule has 1 fully saturated rings. The summed E-state index contributed by atoms with van der Waals surface area (Å²) < 4.78 is 17.6. The summed E-state index contributed by atoms with van der Waals surface area (Å²) in [5.74, 6) is 2.60. The molecule has 2 aromatic rings. The standard InChI is InChI=1S/C23H26N2O3/c1-26-16-10-11-17(22(14-16)27-2)19-15-20-18-8-4-5-9-21(18)28-23(25(20)24-19)12-6-3-7-13-23/h4-5,8-11,14,20H,3,6-7,12-13,15H2,1-2H3/t20-/m0/s1. The van der Waals surface area contributed by atoms with E-state index in [1.807, 2.05) is 12.1 Å². The molecule has 0 N–H and O–H groups in total. The Balaban J connectivity index is 1.59. The maximum absolute atomic E-state index is 6.62. The molecule has 5 rings (SSSR count). The van der Waals surface area contributed by atoms with Gasteiger partial charge in [0.1, 0.15) is 17.2 Å². The van der Waals surface area contributed by atoms with Gasteiger partial charge < -0.3 is 14.2 Å². The second kappa shape index (κ2) is 6.73. The first-order chi connectivity index (χ1) is 13.7. The molecule has 2 heterocycles. The molecule has 2 aromatic carbocycles. The van der Waals surface area contributed by atoms with Gasteiger partial charge >= 0.3 is 0 Å². The second-order valence-electron chi connectivity index (χ2n) is 7.82. The highest BCUT2D eigenvalue weighted by atomic mass is 16.5. The molecule has 5 nitrogen and oxygen atoms in total. The Hall–Kier alpha value is -2.69. The Kier molecular flexibility index (Phi) is 4.18. The maximum atomic E-state index is 6.62. The molecule has 28 heavy (non-hydrogen) atoms. The first-order valence-electron chi connectivity index (χ1n) is 10.1. The van der Waals surface area contributed by atoms with Crippen molar-refractivity contribution < 1.29 is 14.2 Å².